The van der Waals surface area contributed by atoms with Crippen molar-refractivity contribution in [1.82, 2.24) is 20.0 Å². The maximum atomic E-state index is 12.8. The van der Waals surface area contributed by atoms with Gasteiger partial charge in [0.25, 0.3) is 5.91 Å². The van der Waals surface area contributed by atoms with E-state index in [9.17, 15) is 9.90 Å². The van der Waals surface area contributed by atoms with Gasteiger partial charge in [-0.1, -0.05) is 6.92 Å². The Morgan fingerprint density at radius 2 is 1.96 bits per heavy atom. The SMILES string of the molecule is CCc1[nH]nc(C(=O)N2CCC[C@](O)(CN3CCCC3)CC2)c1C. The number of aliphatic hydroxyl groups is 1. The molecule has 0 aliphatic carbocycles. The Kier molecular flexibility index (Phi) is 5.25. The molecule has 2 saturated heterocycles. The molecule has 1 aromatic rings. The summed E-state index contributed by atoms with van der Waals surface area (Å²) in [6.45, 7) is 8.26. The maximum Gasteiger partial charge on any atom is 0.274 e. The summed E-state index contributed by atoms with van der Waals surface area (Å²) in [7, 11) is 0. The molecule has 0 unspecified atom stereocenters. The largest absolute Gasteiger partial charge is 0.388 e. The van der Waals surface area contributed by atoms with E-state index in [0.717, 1.165) is 50.2 Å². The van der Waals surface area contributed by atoms with E-state index in [2.05, 4.69) is 22.0 Å². The number of aromatic nitrogens is 2. The van der Waals surface area contributed by atoms with E-state index in [-0.39, 0.29) is 5.91 Å². The monoisotopic (exact) mass is 334 g/mol. The zero-order chi connectivity index (χ0) is 17.2. The molecule has 2 N–H and O–H groups in total. The average Bonchev–Trinajstić information content (AvgIpc) is 3.14. The molecule has 2 fully saturated rings. The maximum absolute atomic E-state index is 12.8. The molecule has 1 atom stereocenters. The predicted molar refractivity (Wildman–Crippen MR) is 93.1 cm³/mol. The second-order valence-corrected chi connectivity index (χ2v) is 7.38. The van der Waals surface area contributed by atoms with Gasteiger partial charge in [0.1, 0.15) is 0 Å². The molecule has 3 heterocycles. The molecular formula is C18H30N4O2. The zero-order valence-electron chi connectivity index (χ0n) is 15.0. The van der Waals surface area contributed by atoms with Crippen molar-refractivity contribution in [3.05, 3.63) is 17.0 Å². The van der Waals surface area contributed by atoms with Gasteiger partial charge in [-0.3, -0.25) is 9.89 Å². The van der Waals surface area contributed by atoms with E-state index in [1.54, 1.807) is 0 Å². The van der Waals surface area contributed by atoms with E-state index < -0.39 is 5.60 Å². The summed E-state index contributed by atoms with van der Waals surface area (Å²) in [4.78, 5) is 17.0. The Bertz CT molecular complexity index is 580. The molecule has 0 bridgehead atoms. The van der Waals surface area contributed by atoms with Crippen molar-refractivity contribution < 1.29 is 9.90 Å². The average molecular weight is 334 g/mol. The molecule has 2 aliphatic heterocycles. The number of amides is 1. The Morgan fingerprint density at radius 1 is 1.21 bits per heavy atom. The van der Waals surface area contributed by atoms with Crippen LogP contribution >= 0.6 is 0 Å². The van der Waals surface area contributed by atoms with E-state index in [4.69, 9.17) is 0 Å². The van der Waals surface area contributed by atoms with Crippen LogP contribution in [0.1, 0.15) is 60.8 Å². The second kappa shape index (κ2) is 7.23. The summed E-state index contributed by atoms with van der Waals surface area (Å²) in [6, 6.07) is 0. The standard InChI is InChI=1S/C18H30N4O2/c1-3-15-14(2)16(20-19-15)17(23)22-11-6-7-18(24,8-12-22)13-21-9-4-5-10-21/h24H,3-13H2,1-2H3,(H,19,20)/t18-/m1/s1. The van der Waals surface area contributed by atoms with Gasteiger partial charge in [-0.15, -0.1) is 0 Å². The van der Waals surface area contributed by atoms with Gasteiger partial charge in [0, 0.05) is 30.9 Å². The third-order valence-corrected chi connectivity index (χ3v) is 5.59. The number of aryl methyl sites for hydroxylation is 1. The lowest BCUT2D eigenvalue weighted by Gasteiger charge is -2.31. The Morgan fingerprint density at radius 3 is 2.62 bits per heavy atom. The highest BCUT2D eigenvalue weighted by Crippen LogP contribution is 2.26. The third-order valence-electron chi connectivity index (χ3n) is 5.59. The lowest BCUT2D eigenvalue weighted by molar-refractivity contribution is -0.00291. The fourth-order valence-electron chi connectivity index (χ4n) is 4.03. The topological polar surface area (TPSA) is 72.5 Å². The van der Waals surface area contributed by atoms with Crippen LogP contribution in [0.15, 0.2) is 0 Å². The van der Waals surface area contributed by atoms with Gasteiger partial charge in [0.05, 0.1) is 5.60 Å². The molecular weight excluding hydrogens is 304 g/mol. The molecule has 2 aliphatic rings. The third kappa shape index (κ3) is 3.64. The van der Waals surface area contributed by atoms with Crippen LogP contribution < -0.4 is 0 Å². The number of aromatic amines is 1. The van der Waals surface area contributed by atoms with Gasteiger partial charge >= 0.3 is 0 Å². The van der Waals surface area contributed by atoms with Crippen LogP contribution in [0.2, 0.25) is 0 Å². The minimum atomic E-state index is -0.658. The first-order valence-corrected chi connectivity index (χ1v) is 9.30. The number of H-pyrrole nitrogens is 1. The van der Waals surface area contributed by atoms with E-state index in [1.165, 1.54) is 12.8 Å². The number of carbonyl (C=O) groups is 1. The van der Waals surface area contributed by atoms with Gasteiger partial charge in [0.2, 0.25) is 0 Å². The first-order chi connectivity index (χ1) is 11.5. The highest BCUT2D eigenvalue weighted by Gasteiger charge is 2.34. The van der Waals surface area contributed by atoms with Crippen LogP contribution in [0.4, 0.5) is 0 Å². The van der Waals surface area contributed by atoms with Gasteiger partial charge < -0.3 is 14.9 Å². The summed E-state index contributed by atoms with van der Waals surface area (Å²) in [5.41, 5.74) is 1.86. The Labute approximate surface area is 144 Å². The summed E-state index contributed by atoms with van der Waals surface area (Å²) in [6.07, 6.45) is 5.59. The number of likely N-dealkylation sites (tertiary alicyclic amines) is 2. The minimum Gasteiger partial charge on any atom is -0.388 e. The lowest BCUT2D eigenvalue weighted by Crippen LogP contribution is -2.43. The summed E-state index contributed by atoms with van der Waals surface area (Å²) in [5, 5.41) is 18.2. The van der Waals surface area contributed by atoms with Crippen molar-refractivity contribution >= 4 is 5.91 Å². The molecule has 0 spiro atoms. The van der Waals surface area contributed by atoms with Gasteiger partial charge in [-0.05, 0) is 58.5 Å². The number of hydrogen-bond acceptors (Lipinski definition) is 4. The van der Waals surface area contributed by atoms with Crippen LogP contribution in [0, 0.1) is 6.92 Å². The molecule has 0 aromatic carbocycles. The van der Waals surface area contributed by atoms with Crippen LogP contribution in [-0.4, -0.2) is 69.3 Å². The van der Waals surface area contributed by atoms with Crippen molar-refractivity contribution in [2.75, 3.05) is 32.7 Å². The van der Waals surface area contributed by atoms with Gasteiger partial charge in [0.15, 0.2) is 5.69 Å². The minimum absolute atomic E-state index is 0.00567. The van der Waals surface area contributed by atoms with Crippen molar-refractivity contribution in [3.63, 3.8) is 0 Å². The number of carbonyl (C=O) groups excluding carboxylic acids is 1. The van der Waals surface area contributed by atoms with Crippen molar-refractivity contribution in [1.29, 1.82) is 0 Å². The summed E-state index contributed by atoms with van der Waals surface area (Å²) >= 11 is 0. The molecule has 0 radical (unpaired) electrons. The van der Waals surface area contributed by atoms with Gasteiger partial charge in [-0.25, -0.2) is 0 Å². The van der Waals surface area contributed by atoms with Crippen LogP contribution in [0.25, 0.3) is 0 Å². The second-order valence-electron chi connectivity index (χ2n) is 7.38. The van der Waals surface area contributed by atoms with E-state index >= 15 is 0 Å². The molecule has 3 rings (SSSR count). The van der Waals surface area contributed by atoms with E-state index in [1.807, 2.05) is 11.8 Å². The number of β-amino-alcohol motifs (C(OH)–C–C–N with tert-alkyl or cyclic N) is 1. The highest BCUT2D eigenvalue weighted by molar-refractivity contribution is 5.93. The predicted octanol–water partition coefficient (Wildman–Crippen LogP) is 1.73. The van der Waals surface area contributed by atoms with Crippen LogP contribution in [0.3, 0.4) is 0 Å². The molecule has 1 amide bonds. The molecule has 134 valence electrons. The smallest absolute Gasteiger partial charge is 0.274 e. The highest BCUT2D eigenvalue weighted by atomic mass is 16.3. The van der Waals surface area contributed by atoms with Crippen molar-refractivity contribution in [3.8, 4) is 0 Å². The fraction of sp³-hybridized carbons (Fsp3) is 0.778. The molecule has 24 heavy (non-hydrogen) atoms. The molecule has 6 heteroatoms. The van der Waals surface area contributed by atoms with Crippen LogP contribution in [-0.2, 0) is 6.42 Å². The van der Waals surface area contributed by atoms with E-state index in [0.29, 0.717) is 25.2 Å². The number of nitrogens with one attached hydrogen (secondary N) is 1. The first-order valence-electron chi connectivity index (χ1n) is 9.30. The number of nitrogens with zero attached hydrogens (tertiary/aromatic N) is 3. The Balaban J connectivity index is 1.64. The van der Waals surface area contributed by atoms with Crippen LogP contribution in [0.5, 0.6) is 0 Å². The molecule has 0 saturated carbocycles. The first kappa shape index (κ1) is 17.4. The summed E-state index contributed by atoms with van der Waals surface area (Å²) < 4.78 is 0. The lowest BCUT2D eigenvalue weighted by atomic mass is 9.94. The number of rotatable bonds is 4. The molecule has 6 nitrogen and oxygen atoms in total. The number of hydrogen-bond donors (Lipinski definition) is 2. The quantitative estimate of drug-likeness (QED) is 0.880. The van der Waals surface area contributed by atoms with Crippen molar-refractivity contribution in [2.45, 2.75) is 58.0 Å². The van der Waals surface area contributed by atoms with Crippen molar-refractivity contribution in [2.24, 2.45) is 0 Å². The summed E-state index contributed by atoms with van der Waals surface area (Å²) in [5.74, 6) is -0.00567. The zero-order valence-corrected chi connectivity index (χ0v) is 15.0. The van der Waals surface area contributed by atoms with Gasteiger partial charge in [-0.2, -0.15) is 5.10 Å². The normalized spacial score (nSPS) is 25.9. The fourth-order valence-corrected chi connectivity index (χ4v) is 4.03. The molecule has 1 aromatic heterocycles. The Hall–Kier alpha value is -1.40.